The van der Waals surface area contributed by atoms with Crippen LogP contribution < -0.4 is 5.32 Å². The van der Waals surface area contributed by atoms with Gasteiger partial charge in [-0.2, -0.15) is 0 Å². The largest absolute Gasteiger partial charge is 0.342 e. The number of aromatic nitrogens is 1. The van der Waals surface area contributed by atoms with Crippen LogP contribution in [-0.4, -0.2) is 16.4 Å². The predicted octanol–water partition coefficient (Wildman–Crippen LogP) is 1.94. The van der Waals surface area contributed by atoms with Gasteiger partial charge in [0.2, 0.25) is 5.91 Å². The Labute approximate surface area is 96.8 Å². The van der Waals surface area contributed by atoms with Crippen LogP contribution in [0.25, 0.3) is 0 Å². The van der Waals surface area contributed by atoms with Gasteiger partial charge in [0.05, 0.1) is 0 Å². The van der Waals surface area contributed by atoms with E-state index in [2.05, 4.69) is 21.2 Å². The minimum Gasteiger partial charge on any atom is -0.342 e. The third kappa shape index (κ3) is 3.20. The number of nitrogens with zero attached hydrogens (tertiary/aromatic N) is 1. The summed E-state index contributed by atoms with van der Waals surface area (Å²) >= 11 is 3.30. The van der Waals surface area contributed by atoms with Gasteiger partial charge in [0.25, 0.3) is 5.91 Å². The molecule has 82 valence electrons. The molecular weight excluding hydrogens is 260 g/mol. The first-order chi connectivity index (χ1) is 7.04. The van der Waals surface area contributed by atoms with Crippen molar-refractivity contribution in [3.8, 4) is 0 Å². The van der Waals surface area contributed by atoms with Crippen molar-refractivity contribution in [2.75, 3.05) is 0 Å². The molecule has 4 nitrogen and oxygen atoms in total. The van der Waals surface area contributed by atoms with E-state index in [1.807, 2.05) is 17.7 Å². The number of nitrogens with one attached hydrogen (secondary N) is 1. The average Bonchev–Trinajstić information content (AvgIpc) is 2.46. The topological polar surface area (TPSA) is 51.1 Å². The number of hydrogen-bond donors (Lipinski definition) is 1. The van der Waals surface area contributed by atoms with E-state index >= 15 is 0 Å². The van der Waals surface area contributed by atoms with E-state index < -0.39 is 0 Å². The highest BCUT2D eigenvalue weighted by atomic mass is 79.9. The van der Waals surface area contributed by atoms with Crippen LogP contribution >= 0.6 is 15.9 Å². The van der Waals surface area contributed by atoms with Crippen LogP contribution in [-0.2, 0) is 11.3 Å². The second-order valence-corrected chi connectivity index (χ2v) is 4.16. The van der Waals surface area contributed by atoms with Crippen LogP contribution in [0.5, 0.6) is 0 Å². The van der Waals surface area contributed by atoms with Crippen molar-refractivity contribution < 1.29 is 9.59 Å². The molecule has 0 saturated carbocycles. The molecule has 0 fully saturated rings. The van der Waals surface area contributed by atoms with Gasteiger partial charge < -0.3 is 4.57 Å². The number of carbonyl (C=O) groups is 2. The van der Waals surface area contributed by atoms with Gasteiger partial charge in [-0.15, -0.1) is 0 Å². The van der Waals surface area contributed by atoms with Gasteiger partial charge in [-0.25, -0.2) is 0 Å². The smallest absolute Gasteiger partial charge is 0.274 e. The molecule has 1 N–H and O–H groups in total. The fraction of sp³-hybridized carbons (Fsp3) is 0.400. The molecule has 15 heavy (non-hydrogen) atoms. The summed E-state index contributed by atoms with van der Waals surface area (Å²) in [6.07, 6.45) is 2.76. The average molecular weight is 273 g/mol. The van der Waals surface area contributed by atoms with Crippen molar-refractivity contribution in [2.24, 2.45) is 0 Å². The minimum absolute atomic E-state index is 0.347. The fourth-order valence-corrected chi connectivity index (χ4v) is 1.78. The molecule has 5 heteroatoms. The number of halogens is 1. The lowest BCUT2D eigenvalue weighted by Gasteiger charge is -2.06. The van der Waals surface area contributed by atoms with E-state index in [4.69, 9.17) is 0 Å². The van der Waals surface area contributed by atoms with Gasteiger partial charge in [-0.1, -0.05) is 6.92 Å². The summed E-state index contributed by atoms with van der Waals surface area (Å²) in [6, 6.07) is 1.70. The normalized spacial score (nSPS) is 10.1. The summed E-state index contributed by atoms with van der Waals surface area (Å²) in [5, 5.41) is 2.25. The van der Waals surface area contributed by atoms with E-state index in [-0.39, 0.29) is 11.8 Å². The minimum atomic E-state index is -0.360. The van der Waals surface area contributed by atoms with Crippen molar-refractivity contribution in [3.63, 3.8) is 0 Å². The van der Waals surface area contributed by atoms with Gasteiger partial charge in [-0.05, 0) is 28.4 Å². The summed E-state index contributed by atoms with van der Waals surface area (Å²) in [4.78, 5) is 22.3. The summed E-state index contributed by atoms with van der Waals surface area (Å²) in [7, 11) is 0. The van der Waals surface area contributed by atoms with Gasteiger partial charge in [-0.3, -0.25) is 14.9 Å². The number of rotatable bonds is 3. The Morgan fingerprint density at radius 1 is 1.53 bits per heavy atom. The van der Waals surface area contributed by atoms with Gasteiger partial charge in [0.15, 0.2) is 0 Å². The van der Waals surface area contributed by atoms with E-state index in [1.165, 1.54) is 6.92 Å². The molecular formula is C10H13BrN2O2. The molecule has 2 amide bonds. The zero-order valence-electron chi connectivity index (χ0n) is 8.71. The molecule has 0 atom stereocenters. The molecule has 1 aromatic rings. The van der Waals surface area contributed by atoms with Gasteiger partial charge in [0, 0.05) is 24.1 Å². The second kappa shape index (κ2) is 5.11. The van der Waals surface area contributed by atoms with Gasteiger partial charge >= 0.3 is 0 Å². The highest BCUT2D eigenvalue weighted by Crippen LogP contribution is 2.15. The predicted molar refractivity (Wildman–Crippen MR) is 60.6 cm³/mol. The number of hydrogen-bond acceptors (Lipinski definition) is 2. The Kier molecular flexibility index (Phi) is 4.08. The summed E-state index contributed by atoms with van der Waals surface area (Å²) in [5.41, 5.74) is 0.499. The molecule has 0 aliphatic rings. The molecule has 0 spiro atoms. The number of amides is 2. The van der Waals surface area contributed by atoms with Gasteiger partial charge in [0.1, 0.15) is 5.69 Å². The lowest BCUT2D eigenvalue weighted by molar-refractivity contribution is -0.118. The van der Waals surface area contributed by atoms with E-state index in [0.717, 1.165) is 17.4 Å². The van der Waals surface area contributed by atoms with E-state index in [0.29, 0.717) is 5.69 Å². The zero-order valence-corrected chi connectivity index (χ0v) is 10.3. The molecule has 1 heterocycles. The molecule has 0 aromatic carbocycles. The van der Waals surface area contributed by atoms with Crippen molar-refractivity contribution in [2.45, 2.75) is 26.8 Å². The van der Waals surface area contributed by atoms with Crippen molar-refractivity contribution in [1.29, 1.82) is 0 Å². The molecule has 1 rings (SSSR count). The molecule has 0 aliphatic heterocycles. The number of carbonyl (C=O) groups excluding carboxylic acids is 2. The standard InChI is InChI=1S/C10H13BrN2O2/c1-3-4-13-6-8(11)5-9(13)10(15)12-7(2)14/h5-6H,3-4H2,1-2H3,(H,12,14,15). The first kappa shape index (κ1) is 12.0. The molecule has 0 aliphatic carbocycles. The van der Waals surface area contributed by atoms with Crippen LogP contribution in [0.3, 0.4) is 0 Å². The third-order valence-electron chi connectivity index (χ3n) is 1.85. The van der Waals surface area contributed by atoms with Crippen LogP contribution in [0, 0.1) is 0 Å². The highest BCUT2D eigenvalue weighted by molar-refractivity contribution is 9.10. The third-order valence-corrected chi connectivity index (χ3v) is 2.28. The van der Waals surface area contributed by atoms with Crippen molar-refractivity contribution in [1.82, 2.24) is 9.88 Å². The molecule has 0 radical (unpaired) electrons. The molecule has 0 saturated heterocycles. The summed E-state index contributed by atoms with van der Waals surface area (Å²) in [6.45, 7) is 4.10. The number of aryl methyl sites for hydroxylation is 1. The molecule has 1 aromatic heterocycles. The Morgan fingerprint density at radius 3 is 2.73 bits per heavy atom. The Hall–Kier alpha value is -1.10. The van der Waals surface area contributed by atoms with Crippen LogP contribution in [0.2, 0.25) is 0 Å². The van der Waals surface area contributed by atoms with E-state index in [1.54, 1.807) is 6.07 Å². The lowest BCUT2D eigenvalue weighted by atomic mass is 10.3. The Bertz CT molecular complexity index is 385. The first-order valence-corrected chi connectivity index (χ1v) is 5.51. The summed E-state index contributed by atoms with van der Waals surface area (Å²) < 4.78 is 2.66. The van der Waals surface area contributed by atoms with E-state index in [9.17, 15) is 9.59 Å². The van der Waals surface area contributed by atoms with Crippen LogP contribution in [0.1, 0.15) is 30.8 Å². The van der Waals surface area contributed by atoms with Crippen molar-refractivity contribution in [3.05, 3.63) is 22.4 Å². The maximum absolute atomic E-state index is 11.6. The fourth-order valence-electron chi connectivity index (χ4n) is 1.32. The van der Waals surface area contributed by atoms with Crippen LogP contribution in [0.15, 0.2) is 16.7 Å². The molecule has 0 bridgehead atoms. The zero-order chi connectivity index (χ0) is 11.4. The second-order valence-electron chi connectivity index (χ2n) is 3.25. The number of imide groups is 1. The lowest BCUT2D eigenvalue weighted by Crippen LogP contribution is -2.29. The first-order valence-electron chi connectivity index (χ1n) is 4.72. The molecule has 0 unspecified atom stereocenters. The van der Waals surface area contributed by atoms with Crippen LogP contribution in [0.4, 0.5) is 0 Å². The maximum Gasteiger partial charge on any atom is 0.274 e. The quantitative estimate of drug-likeness (QED) is 0.914. The Balaban J connectivity index is 2.91. The highest BCUT2D eigenvalue weighted by Gasteiger charge is 2.13. The SMILES string of the molecule is CCCn1cc(Br)cc1C(=O)NC(C)=O. The summed E-state index contributed by atoms with van der Waals surface area (Å²) in [5.74, 6) is -0.706. The Morgan fingerprint density at radius 2 is 2.20 bits per heavy atom. The monoisotopic (exact) mass is 272 g/mol. The maximum atomic E-state index is 11.6. The van der Waals surface area contributed by atoms with Crippen molar-refractivity contribution >= 4 is 27.7 Å².